The van der Waals surface area contributed by atoms with E-state index in [-0.39, 0.29) is 31.1 Å². The lowest BCUT2D eigenvalue weighted by Gasteiger charge is -2.18. The number of hydrogen-bond donors (Lipinski definition) is 0. The lowest BCUT2D eigenvalue weighted by atomic mass is 10.0. The fourth-order valence-corrected chi connectivity index (χ4v) is 10.7. The van der Waals surface area contributed by atoms with E-state index >= 15 is 0 Å². The van der Waals surface area contributed by atoms with Crippen LogP contribution in [0.25, 0.3) is 0 Å². The third-order valence-electron chi connectivity index (χ3n) is 16.1. The third-order valence-corrected chi connectivity index (χ3v) is 16.1. The van der Waals surface area contributed by atoms with E-state index in [1.54, 1.807) is 0 Å². The van der Waals surface area contributed by atoms with Crippen molar-refractivity contribution < 1.29 is 28.6 Å². The van der Waals surface area contributed by atoms with Crippen LogP contribution in [0.5, 0.6) is 0 Å². The molecule has 0 spiro atoms. The Balaban J connectivity index is 4.22. The molecule has 0 aromatic heterocycles. The number of carbonyl (C=O) groups excluding carboxylic acids is 3. The van der Waals surface area contributed by atoms with E-state index in [2.05, 4.69) is 69.4 Å². The standard InChI is InChI=1S/C74H136O6/c1-4-7-10-13-16-19-22-25-28-30-32-33-34-35-36-37-38-39-40-41-43-44-46-49-52-55-58-61-64-67-73(76)79-70-71(69-78-72(75)66-63-60-57-54-51-48-27-24-21-18-15-12-9-6-3)80-74(77)68-65-62-59-56-53-50-47-45-42-31-29-26-23-20-17-14-11-8-5-2/h17,20,24,26-27,29,42,45,71H,4-16,18-19,21-23,25,28,30-41,43-44,46-70H2,1-3H3/b20-17-,27-24-,29-26-,45-42-. The summed E-state index contributed by atoms with van der Waals surface area (Å²) in [4.78, 5) is 38.4. The molecule has 0 saturated heterocycles. The van der Waals surface area contributed by atoms with Crippen molar-refractivity contribution in [2.45, 2.75) is 393 Å². The molecule has 6 heteroatoms. The minimum absolute atomic E-state index is 0.0774. The maximum atomic E-state index is 12.9. The van der Waals surface area contributed by atoms with Gasteiger partial charge in [0.05, 0.1) is 0 Å². The molecule has 0 heterocycles. The zero-order chi connectivity index (χ0) is 57.8. The Hall–Kier alpha value is -2.63. The van der Waals surface area contributed by atoms with Crippen molar-refractivity contribution in [3.8, 4) is 0 Å². The van der Waals surface area contributed by atoms with Crippen LogP contribution in [0.1, 0.15) is 387 Å². The van der Waals surface area contributed by atoms with Crippen molar-refractivity contribution in [3.05, 3.63) is 48.6 Å². The summed E-state index contributed by atoms with van der Waals surface area (Å²) >= 11 is 0. The van der Waals surface area contributed by atoms with Gasteiger partial charge < -0.3 is 14.2 Å². The summed E-state index contributed by atoms with van der Waals surface area (Å²) in [5, 5.41) is 0. The maximum Gasteiger partial charge on any atom is 0.306 e. The third kappa shape index (κ3) is 66.2. The summed E-state index contributed by atoms with van der Waals surface area (Å²) in [5.74, 6) is -0.875. The second kappa shape index (κ2) is 68.9. The molecule has 0 aliphatic carbocycles. The van der Waals surface area contributed by atoms with E-state index < -0.39 is 6.10 Å². The zero-order valence-corrected chi connectivity index (χ0v) is 53.9. The van der Waals surface area contributed by atoms with E-state index in [4.69, 9.17) is 14.2 Å². The second-order valence-electron chi connectivity index (χ2n) is 24.1. The van der Waals surface area contributed by atoms with Gasteiger partial charge in [-0.05, 0) is 83.5 Å². The van der Waals surface area contributed by atoms with Crippen molar-refractivity contribution in [1.82, 2.24) is 0 Å². The number of unbranched alkanes of at least 4 members (excludes halogenated alkanes) is 47. The molecule has 468 valence electrons. The fourth-order valence-electron chi connectivity index (χ4n) is 10.7. The van der Waals surface area contributed by atoms with Crippen LogP contribution in [0.4, 0.5) is 0 Å². The van der Waals surface area contributed by atoms with Gasteiger partial charge in [-0.1, -0.05) is 333 Å². The van der Waals surface area contributed by atoms with Gasteiger partial charge in [-0.25, -0.2) is 0 Å². The van der Waals surface area contributed by atoms with Crippen molar-refractivity contribution >= 4 is 17.9 Å². The lowest BCUT2D eigenvalue weighted by Crippen LogP contribution is -2.30. The van der Waals surface area contributed by atoms with Gasteiger partial charge in [-0.2, -0.15) is 0 Å². The predicted molar refractivity (Wildman–Crippen MR) is 349 cm³/mol. The number of rotatable bonds is 66. The van der Waals surface area contributed by atoms with E-state index in [1.165, 1.54) is 257 Å². The van der Waals surface area contributed by atoms with Crippen LogP contribution < -0.4 is 0 Å². The second-order valence-corrected chi connectivity index (χ2v) is 24.1. The van der Waals surface area contributed by atoms with Gasteiger partial charge in [0.1, 0.15) is 13.2 Å². The van der Waals surface area contributed by atoms with Crippen LogP contribution >= 0.6 is 0 Å². The Morgan fingerprint density at radius 2 is 0.450 bits per heavy atom. The molecule has 0 amide bonds. The molecule has 0 aliphatic rings. The highest BCUT2D eigenvalue weighted by molar-refractivity contribution is 5.71. The van der Waals surface area contributed by atoms with Gasteiger partial charge in [-0.15, -0.1) is 0 Å². The average Bonchev–Trinajstić information content (AvgIpc) is 3.46. The molecule has 0 aromatic rings. The summed E-state index contributed by atoms with van der Waals surface area (Å²) in [6, 6.07) is 0. The summed E-state index contributed by atoms with van der Waals surface area (Å²) in [6.07, 6.45) is 87.2. The minimum Gasteiger partial charge on any atom is -0.462 e. The molecule has 1 atom stereocenters. The molecule has 0 saturated carbocycles. The van der Waals surface area contributed by atoms with Crippen LogP contribution in [0, 0.1) is 0 Å². The Morgan fingerprint density at radius 1 is 0.250 bits per heavy atom. The Kier molecular flexibility index (Phi) is 66.6. The Bertz CT molecular complexity index is 1380. The van der Waals surface area contributed by atoms with Crippen LogP contribution in [0.15, 0.2) is 48.6 Å². The number of hydrogen-bond acceptors (Lipinski definition) is 6. The predicted octanol–water partition coefficient (Wildman–Crippen LogP) is 24.5. The quantitative estimate of drug-likeness (QED) is 0.0261. The van der Waals surface area contributed by atoms with Gasteiger partial charge in [0.15, 0.2) is 6.10 Å². The Labute approximate surface area is 498 Å². The van der Waals surface area contributed by atoms with Gasteiger partial charge in [0.2, 0.25) is 0 Å². The van der Waals surface area contributed by atoms with Crippen molar-refractivity contribution in [2.24, 2.45) is 0 Å². The molecule has 1 unspecified atom stereocenters. The SMILES string of the molecule is CCCCC/C=C\C/C=C\C/C=C\CCCCCCCCC(=O)OC(COC(=O)CCCCCCC/C=C\CCCCCCC)COC(=O)CCCCCCCCCCCCCCCCCCCCCCCCCCCCCCC. The monoisotopic (exact) mass is 1120 g/mol. The Morgan fingerprint density at radius 3 is 0.738 bits per heavy atom. The number of carbonyl (C=O) groups is 3. The summed E-state index contributed by atoms with van der Waals surface area (Å²) in [7, 11) is 0. The zero-order valence-electron chi connectivity index (χ0n) is 53.9. The highest BCUT2D eigenvalue weighted by Gasteiger charge is 2.19. The first-order chi connectivity index (χ1) is 39.5. The summed E-state index contributed by atoms with van der Waals surface area (Å²) < 4.78 is 17.0. The van der Waals surface area contributed by atoms with Crippen molar-refractivity contribution in [3.63, 3.8) is 0 Å². The van der Waals surface area contributed by atoms with Gasteiger partial charge in [0, 0.05) is 19.3 Å². The first kappa shape index (κ1) is 77.4. The summed E-state index contributed by atoms with van der Waals surface area (Å²) in [5.41, 5.74) is 0. The molecule has 80 heavy (non-hydrogen) atoms. The van der Waals surface area contributed by atoms with Crippen LogP contribution in [-0.4, -0.2) is 37.2 Å². The first-order valence-corrected chi connectivity index (χ1v) is 35.6. The highest BCUT2D eigenvalue weighted by atomic mass is 16.6. The highest BCUT2D eigenvalue weighted by Crippen LogP contribution is 2.18. The number of esters is 3. The molecule has 0 aromatic carbocycles. The maximum absolute atomic E-state index is 12.9. The normalized spacial score (nSPS) is 12.3. The van der Waals surface area contributed by atoms with E-state index in [0.717, 1.165) is 89.9 Å². The topological polar surface area (TPSA) is 78.9 Å². The average molecular weight is 1120 g/mol. The summed E-state index contributed by atoms with van der Waals surface area (Å²) in [6.45, 7) is 6.65. The first-order valence-electron chi connectivity index (χ1n) is 35.6. The lowest BCUT2D eigenvalue weighted by molar-refractivity contribution is -0.167. The van der Waals surface area contributed by atoms with Crippen LogP contribution in [0.3, 0.4) is 0 Å². The van der Waals surface area contributed by atoms with Gasteiger partial charge >= 0.3 is 17.9 Å². The molecule has 0 N–H and O–H groups in total. The fraction of sp³-hybridized carbons (Fsp3) is 0.851. The van der Waals surface area contributed by atoms with E-state index in [1.807, 2.05) is 0 Å². The van der Waals surface area contributed by atoms with Gasteiger partial charge in [-0.3, -0.25) is 14.4 Å². The molecule has 0 fully saturated rings. The molecule has 0 radical (unpaired) electrons. The van der Waals surface area contributed by atoms with Gasteiger partial charge in [0.25, 0.3) is 0 Å². The molecular weight excluding hydrogens is 985 g/mol. The van der Waals surface area contributed by atoms with Crippen LogP contribution in [0.2, 0.25) is 0 Å². The molecule has 0 rings (SSSR count). The molecule has 6 nitrogen and oxygen atoms in total. The van der Waals surface area contributed by atoms with Crippen LogP contribution in [-0.2, 0) is 28.6 Å². The number of ether oxygens (including phenoxy) is 3. The molecule has 0 bridgehead atoms. The largest absolute Gasteiger partial charge is 0.462 e. The minimum atomic E-state index is -0.783. The smallest absolute Gasteiger partial charge is 0.306 e. The van der Waals surface area contributed by atoms with E-state index in [9.17, 15) is 14.4 Å². The molecule has 0 aliphatic heterocycles. The number of allylic oxidation sites excluding steroid dienone is 8. The van der Waals surface area contributed by atoms with E-state index in [0.29, 0.717) is 19.3 Å². The molecular formula is C74H136O6. The van der Waals surface area contributed by atoms with Crippen molar-refractivity contribution in [2.75, 3.05) is 13.2 Å². The van der Waals surface area contributed by atoms with Crippen molar-refractivity contribution in [1.29, 1.82) is 0 Å².